The second-order valence-corrected chi connectivity index (χ2v) is 11.1. The van der Waals surface area contributed by atoms with Gasteiger partial charge in [0.1, 0.15) is 0 Å². The molecule has 1 rings (SSSR count). The number of aliphatic hydroxyl groups is 1. The van der Waals surface area contributed by atoms with Crippen LogP contribution >= 0.6 is 0 Å². The third-order valence-electron chi connectivity index (χ3n) is 8.04. The van der Waals surface area contributed by atoms with Crippen LogP contribution in [0.25, 0.3) is 0 Å². The maximum Gasteiger partial charge on any atom is 0.309 e. The molecule has 1 aromatic carbocycles. The van der Waals surface area contributed by atoms with Crippen LogP contribution in [0.2, 0.25) is 0 Å². The number of carboxylic acids is 1. The highest BCUT2D eigenvalue weighted by Crippen LogP contribution is 2.36. The Kier molecular flexibility index (Phi) is 19.2. The molecule has 4 heteroatoms. The highest BCUT2D eigenvalue weighted by Gasteiger charge is 2.36. The number of rotatable bonds is 23. The molecule has 0 aromatic heterocycles. The van der Waals surface area contributed by atoms with Crippen LogP contribution in [0.4, 0.5) is 0 Å². The molecule has 0 saturated heterocycles. The van der Waals surface area contributed by atoms with Crippen LogP contribution in [0.3, 0.4) is 0 Å². The van der Waals surface area contributed by atoms with E-state index in [0.29, 0.717) is 12.5 Å². The first-order valence-electron chi connectivity index (χ1n) is 15.2. The first-order chi connectivity index (χ1) is 17.9. The van der Waals surface area contributed by atoms with E-state index in [1.165, 1.54) is 63.4 Å². The van der Waals surface area contributed by atoms with Crippen molar-refractivity contribution in [3.63, 3.8) is 0 Å². The minimum atomic E-state index is -0.888. The van der Waals surface area contributed by atoms with Crippen molar-refractivity contribution in [1.29, 1.82) is 0 Å². The zero-order chi connectivity index (χ0) is 27.3. The number of unbranched alkanes of at least 4 members (excludes halogenated alkanes) is 6. The van der Waals surface area contributed by atoms with Crippen LogP contribution in [-0.4, -0.2) is 28.8 Å². The maximum atomic E-state index is 12.3. The highest BCUT2D eigenvalue weighted by molar-refractivity contribution is 5.71. The molecule has 5 atom stereocenters. The Morgan fingerprint density at radius 3 is 2.22 bits per heavy atom. The molecule has 0 heterocycles. The fourth-order valence-corrected chi connectivity index (χ4v) is 5.83. The van der Waals surface area contributed by atoms with Crippen molar-refractivity contribution in [2.24, 2.45) is 29.4 Å². The number of hydrogen-bond acceptors (Lipinski definition) is 3. The largest absolute Gasteiger partial charge is 0.481 e. The van der Waals surface area contributed by atoms with Gasteiger partial charge in [0, 0.05) is 0 Å². The Bertz CT molecular complexity index is 703. The first-order valence-corrected chi connectivity index (χ1v) is 15.2. The third kappa shape index (κ3) is 14.8. The third-order valence-corrected chi connectivity index (χ3v) is 8.04. The molecule has 0 spiro atoms. The van der Waals surface area contributed by atoms with Gasteiger partial charge in [-0.25, -0.2) is 0 Å². The van der Waals surface area contributed by atoms with Crippen molar-refractivity contribution in [2.75, 3.05) is 6.54 Å². The zero-order valence-electron chi connectivity index (χ0n) is 24.1. The summed E-state index contributed by atoms with van der Waals surface area (Å²) in [5.74, 6) is -0.909. The summed E-state index contributed by atoms with van der Waals surface area (Å²) in [6.45, 7) is 6.69. The summed E-state index contributed by atoms with van der Waals surface area (Å²) in [5.41, 5.74) is 7.28. The SMILES string of the molecule is CCCCCCC=CC[C@H](CCCCC)CC[C@H](CCN)[C@H](CCc1ccccc1)[C@H](C(=O)O)[C@H](C)O. The topological polar surface area (TPSA) is 83.6 Å². The van der Waals surface area contributed by atoms with E-state index < -0.39 is 18.0 Å². The van der Waals surface area contributed by atoms with Gasteiger partial charge in [0.15, 0.2) is 0 Å². The van der Waals surface area contributed by atoms with Crippen molar-refractivity contribution >= 4 is 5.97 Å². The number of nitrogens with two attached hydrogens (primary N) is 1. The number of benzene rings is 1. The standard InChI is InChI=1S/C33H57NO3/c1-4-6-8-9-10-11-14-18-28(17-13-7-5-2)21-23-30(25-26-34)31(32(27(3)35)33(36)37)24-22-29-19-15-12-16-20-29/h11-12,14-16,19-20,27-28,30-32,35H,4-10,13,17-18,21-26,34H2,1-3H3,(H,36,37)/t27-,28-,30+,31-,32+/m0/s1. The summed E-state index contributed by atoms with van der Waals surface area (Å²) in [6, 6.07) is 10.3. The van der Waals surface area contributed by atoms with Gasteiger partial charge in [-0.1, -0.05) is 101 Å². The van der Waals surface area contributed by atoms with Gasteiger partial charge in [-0.2, -0.15) is 0 Å². The lowest BCUT2D eigenvalue weighted by atomic mass is 9.71. The van der Waals surface area contributed by atoms with Gasteiger partial charge in [0.2, 0.25) is 0 Å². The number of aryl methyl sites for hydroxylation is 1. The molecular weight excluding hydrogens is 458 g/mol. The van der Waals surface area contributed by atoms with Crippen molar-refractivity contribution in [3.05, 3.63) is 48.0 Å². The first kappa shape index (κ1) is 33.4. The predicted molar refractivity (Wildman–Crippen MR) is 158 cm³/mol. The van der Waals surface area contributed by atoms with Gasteiger partial charge < -0.3 is 15.9 Å². The van der Waals surface area contributed by atoms with Crippen molar-refractivity contribution < 1.29 is 15.0 Å². The van der Waals surface area contributed by atoms with Crippen LogP contribution in [0.1, 0.15) is 116 Å². The second kappa shape index (κ2) is 21.3. The van der Waals surface area contributed by atoms with E-state index >= 15 is 0 Å². The van der Waals surface area contributed by atoms with E-state index in [1.807, 2.05) is 18.2 Å². The van der Waals surface area contributed by atoms with E-state index in [9.17, 15) is 15.0 Å². The Morgan fingerprint density at radius 1 is 0.892 bits per heavy atom. The second-order valence-electron chi connectivity index (χ2n) is 11.1. The van der Waals surface area contributed by atoms with Gasteiger partial charge in [-0.05, 0) is 88.2 Å². The molecule has 0 aliphatic rings. The number of hydrogen-bond donors (Lipinski definition) is 3. The van der Waals surface area contributed by atoms with Gasteiger partial charge in [-0.15, -0.1) is 0 Å². The van der Waals surface area contributed by atoms with Crippen LogP contribution < -0.4 is 5.73 Å². The average molecular weight is 516 g/mol. The molecule has 37 heavy (non-hydrogen) atoms. The van der Waals surface area contributed by atoms with Gasteiger partial charge in [0.05, 0.1) is 12.0 Å². The molecule has 0 amide bonds. The number of aliphatic hydroxyl groups excluding tert-OH is 1. The Hall–Kier alpha value is -1.65. The normalized spacial score (nSPS) is 15.9. The van der Waals surface area contributed by atoms with Crippen LogP contribution in [0, 0.1) is 23.7 Å². The molecule has 4 N–H and O–H groups in total. The summed E-state index contributed by atoms with van der Waals surface area (Å²) in [7, 11) is 0. The highest BCUT2D eigenvalue weighted by atomic mass is 16.4. The summed E-state index contributed by atoms with van der Waals surface area (Å²) in [6.07, 6.45) is 20.8. The molecule has 212 valence electrons. The minimum Gasteiger partial charge on any atom is -0.481 e. The van der Waals surface area contributed by atoms with E-state index in [4.69, 9.17) is 5.73 Å². The van der Waals surface area contributed by atoms with Crippen LogP contribution in [-0.2, 0) is 11.2 Å². The average Bonchev–Trinajstić information content (AvgIpc) is 2.88. The monoisotopic (exact) mass is 515 g/mol. The Morgan fingerprint density at radius 2 is 1.59 bits per heavy atom. The molecule has 4 nitrogen and oxygen atoms in total. The van der Waals surface area contributed by atoms with Crippen LogP contribution in [0.5, 0.6) is 0 Å². The number of aliphatic carboxylic acids is 1. The van der Waals surface area contributed by atoms with Gasteiger partial charge in [-0.3, -0.25) is 4.79 Å². The van der Waals surface area contributed by atoms with Crippen molar-refractivity contribution in [2.45, 2.75) is 123 Å². The smallest absolute Gasteiger partial charge is 0.309 e. The minimum absolute atomic E-state index is 0.0911. The van der Waals surface area contributed by atoms with Gasteiger partial charge >= 0.3 is 5.97 Å². The Labute approximate surface area is 228 Å². The molecule has 0 aliphatic carbocycles. The molecule has 0 radical (unpaired) electrons. The molecule has 1 aromatic rings. The number of carbonyl (C=O) groups is 1. The zero-order valence-corrected chi connectivity index (χ0v) is 24.1. The van der Waals surface area contributed by atoms with E-state index in [1.54, 1.807) is 6.92 Å². The van der Waals surface area contributed by atoms with E-state index in [-0.39, 0.29) is 11.8 Å². The lowest BCUT2D eigenvalue weighted by Gasteiger charge is -2.34. The summed E-state index contributed by atoms with van der Waals surface area (Å²) >= 11 is 0. The molecule has 0 aliphatic heterocycles. The Balaban J connectivity index is 2.92. The quantitative estimate of drug-likeness (QED) is 0.101. The van der Waals surface area contributed by atoms with Gasteiger partial charge in [0.25, 0.3) is 0 Å². The predicted octanol–water partition coefficient (Wildman–Crippen LogP) is 8.18. The lowest BCUT2D eigenvalue weighted by Crippen LogP contribution is -2.38. The lowest BCUT2D eigenvalue weighted by molar-refractivity contribution is -0.149. The van der Waals surface area contributed by atoms with E-state index in [2.05, 4.69) is 38.1 Å². The number of allylic oxidation sites excluding steroid dienone is 2. The number of carboxylic acid groups (broad SMARTS) is 1. The fraction of sp³-hybridized carbons (Fsp3) is 0.727. The molecule has 0 unspecified atom stereocenters. The fourth-order valence-electron chi connectivity index (χ4n) is 5.83. The summed E-state index contributed by atoms with van der Waals surface area (Å²) < 4.78 is 0. The summed E-state index contributed by atoms with van der Waals surface area (Å²) in [5, 5.41) is 20.6. The molecule has 0 fully saturated rings. The van der Waals surface area contributed by atoms with Crippen LogP contribution in [0.15, 0.2) is 42.5 Å². The molecular formula is C33H57NO3. The van der Waals surface area contributed by atoms with Crippen molar-refractivity contribution in [3.8, 4) is 0 Å². The summed E-state index contributed by atoms with van der Waals surface area (Å²) in [4.78, 5) is 12.3. The van der Waals surface area contributed by atoms with E-state index in [0.717, 1.165) is 38.5 Å². The van der Waals surface area contributed by atoms with Crippen molar-refractivity contribution in [1.82, 2.24) is 0 Å². The molecule has 0 saturated carbocycles. The maximum absolute atomic E-state index is 12.3. The molecule has 0 bridgehead atoms.